The van der Waals surface area contributed by atoms with Crippen LogP contribution >= 0.6 is 0 Å². The second-order valence-corrected chi connectivity index (χ2v) is 3.61. The Balaban J connectivity index is 2.29. The van der Waals surface area contributed by atoms with Crippen LogP contribution in [0, 0.1) is 0 Å². The van der Waals surface area contributed by atoms with Crippen molar-refractivity contribution < 1.29 is 9.90 Å². The highest BCUT2D eigenvalue weighted by molar-refractivity contribution is 5.68. The molecule has 0 aromatic carbocycles. The van der Waals surface area contributed by atoms with Crippen molar-refractivity contribution in [2.24, 2.45) is 7.05 Å². The molecule has 0 aliphatic rings. The average Bonchev–Trinajstić information content (AvgIpc) is 2.83. The molecule has 2 aromatic rings. The normalized spacial score (nSPS) is 10.6. The lowest BCUT2D eigenvalue weighted by atomic mass is 10.1. The zero-order valence-corrected chi connectivity index (χ0v) is 8.97. The van der Waals surface area contributed by atoms with Crippen LogP contribution in [-0.4, -0.2) is 25.8 Å². The van der Waals surface area contributed by atoms with E-state index in [1.807, 2.05) is 25.4 Å². The van der Waals surface area contributed by atoms with Crippen LogP contribution in [0.25, 0.3) is 11.3 Å². The third kappa shape index (κ3) is 1.98. The Labute approximate surface area is 92.7 Å². The van der Waals surface area contributed by atoms with Crippen molar-refractivity contribution in [2.75, 3.05) is 0 Å². The lowest BCUT2D eigenvalue weighted by Gasteiger charge is -2.03. The molecule has 2 N–H and O–H groups in total. The molecular weight excluding hydrogens is 206 g/mol. The van der Waals surface area contributed by atoms with Crippen LogP contribution in [0.5, 0.6) is 0 Å². The zero-order chi connectivity index (χ0) is 11.5. The lowest BCUT2D eigenvalue weighted by Crippen LogP contribution is -2.04. The summed E-state index contributed by atoms with van der Waals surface area (Å²) in [7, 11) is 1.82. The van der Waals surface area contributed by atoms with Crippen molar-refractivity contribution in [1.82, 2.24) is 14.8 Å². The molecule has 0 unspecified atom stereocenters. The van der Waals surface area contributed by atoms with Crippen molar-refractivity contribution in [3.8, 4) is 11.3 Å². The first-order valence-electron chi connectivity index (χ1n) is 5.05. The molecule has 2 heterocycles. The van der Waals surface area contributed by atoms with Crippen molar-refractivity contribution >= 4 is 5.97 Å². The number of aryl methyl sites for hydroxylation is 1. The van der Waals surface area contributed by atoms with Crippen molar-refractivity contribution in [3.63, 3.8) is 0 Å². The topological polar surface area (TPSA) is 70.9 Å². The molecule has 0 saturated heterocycles. The Hall–Kier alpha value is -2.04. The number of H-pyrrole nitrogens is 1. The molecule has 16 heavy (non-hydrogen) atoms. The van der Waals surface area contributed by atoms with Gasteiger partial charge in [0.05, 0.1) is 12.6 Å². The summed E-state index contributed by atoms with van der Waals surface area (Å²) in [6.45, 7) is 0. The molecule has 5 heteroatoms. The Morgan fingerprint density at radius 1 is 1.62 bits per heavy atom. The average molecular weight is 219 g/mol. The summed E-state index contributed by atoms with van der Waals surface area (Å²) >= 11 is 0. The highest BCUT2D eigenvalue weighted by Crippen LogP contribution is 2.22. The smallest absolute Gasteiger partial charge is 0.303 e. The molecule has 0 amide bonds. The Morgan fingerprint density at radius 3 is 3.06 bits per heavy atom. The largest absolute Gasteiger partial charge is 0.481 e. The predicted molar refractivity (Wildman–Crippen MR) is 59.0 cm³/mol. The standard InChI is InChI=1S/C11H13N3O2/c1-14-10(4-5-11(15)16)8(7-13-14)9-3-2-6-12-9/h2-3,6-7,12H,4-5H2,1H3,(H,15,16). The van der Waals surface area contributed by atoms with Crippen LogP contribution in [0.2, 0.25) is 0 Å². The summed E-state index contributed by atoms with van der Waals surface area (Å²) in [5.41, 5.74) is 2.87. The summed E-state index contributed by atoms with van der Waals surface area (Å²) < 4.78 is 1.72. The van der Waals surface area contributed by atoms with Crippen molar-refractivity contribution in [3.05, 3.63) is 30.2 Å². The maximum Gasteiger partial charge on any atom is 0.303 e. The Morgan fingerprint density at radius 2 is 2.44 bits per heavy atom. The monoisotopic (exact) mass is 219 g/mol. The van der Waals surface area contributed by atoms with E-state index in [1.165, 1.54) is 0 Å². The van der Waals surface area contributed by atoms with Crippen LogP contribution < -0.4 is 0 Å². The zero-order valence-electron chi connectivity index (χ0n) is 8.97. The van der Waals surface area contributed by atoms with Crippen molar-refractivity contribution in [1.29, 1.82) is 0 Å². The minimum atomic E-state index is -0.793. The quantitative estimate of drug-likeness (QED) is 0.817. The van der Waals surface area contributed by atoms with Gasteiger partial charge in [-0.1, -0.05) is 0 Å². The van der Waals surface area contributed by atoms with Crippen LogP contribution in [0.4, 0.5) is 0 Å². The van der Waals surface area contributed by atoms with Gasteiger partial charge in [-0.05, 0) is 12.1 Å². The molecule has 0 atom stereocenters. The van der Waals surface area contributed by atoms with Gasteiger partial charge >= 0.3 is 5.97 Å². The molecule has 0 bridgehead atoms. The fourth-order valence-electron chi connectivity index (χ4n) is 1.71. The van der Waals surface area contributed by atoms with Gasteiger partial charge in [0.25, 0.3) is 0 Å². The van der Waals surface area contributed by atoms with Gasteiger partial charge in [0.2, 0.25) is 0 Å². The van der Waals surface area contributed by atoms with Crippen molar-refractivity contribution in [2.45, 2.75) is 12.8 Å². The first-order chi connectivity index (χ1) is 7.68. The van der Waals surface area contributed by atoms with Crippen LogP contribution in [0.1, 0.15) is 12.1 Å². The van der Waals surface area contributed by atoms with Gasteiger partial charge in [-0.3, -0.25) is 9.48 Å². The number of carboxylic acid groups (broad SMARTS) is 1. The molecule has 2 rings (SSSR count). The van der Waals surface area contributed by atoms with Crippen LogP contribution in [-0.2, 0) is 18.3 Å². The fraction of sp³-hybridized carbons (Fsp3) is 0.273. The number of hydrogen-bond acceptors (Lipinski definition) is 2. The SMILES string of the molecule is Cn1ncc(-c2ccc[nH]2)c1CCC(=O)O. The van der Waals surface area contributed by atoms with E-state index in [2.05, 4.69) is 10.1 Å². The second-order valence-electron chi connectivity index (χ2n) is 3.61. The Bertz CT molecular complexity index is 485. The summed E-state index contributed by atoms with van der Waals surface area (Å²) in [5, 5.41) is 12.8. The van der Waals surface area contributed by atoms with Crippen LogP contribution in [0.15, 0.2) is 24.5 Å². The highest BCUT2D eigenvalue weighted by atomic mass is 16.4. The maximum atomic E-state index is 10.6. The Kier molecular flexibility index (Phi) is 2.76. The van der Waals surface area contributed by atoms with E-state index in [-0.39, 0.29) is 6.42 Å². The number of rotatable bonds is 4. The number of aliphatic carboxylic acids is 1. The number of nitrogens with one attached hydrogen (secondary N) is 1. The van der Waals surface area contributed by atoms with E-state index in [0.29, 0.717) is 6.42 Å². The van der Waals surface area contributed by atoms with Crippen LogP contribution in [0.3, 0.4) is 0 Å². The van der Waals surface area contributed by atoms with E-state index in [1.54, 1.807) is 10.9 Å². The van der Waals surface area contributed by atoms with Gasteiger partial charge in [0, 0.05) is 36.6 Å². The number of hydrogen-bond donors (Lipinski definition) is 2. The molecule has 2 aromatic heterocycles. The van der Waals surface area contributed by atoms with Gasteiger partial charge in [-0.2, -0.15) is 5.10 Å². The minimum absolute atomic E-state index is 0.118. The third-order valence-electron chi connectivity index (χ3n) is 2.53. The third-order valence-corrected chi connectivity index (χ3v) is 2.53. The van der Waals surface area contributed by atoms with E-state index in [4.69, 9.17) is 5.11 Å². The van der Waals surface area contributed by atoms with Gasteiger partial charge in [-0.25, -0.2) is 0 Å². The van der Waals surface area contributed by atoms with Gasteiger partial charge in [-0.15, -0.1) is 0 Å². The first kappa shape index (κ1) is 10.5. The van der Waals surface area contributed by atoms with E-state index in [9.17, 15) is 4.79 Å². The molecule has 0 saturated carbocycles. The summed E-state index contributed by atoms with van der Waals surface area (Å²) in [6, 6.07) is 3.85. The number of aromatic nitrogens is 3. The number of carbonyl (C=O) groups is 1. The highest BCUT2D eigenvalue weighted by Gasteiger charge is 2.12. The van der Waals surface area contributed by atoms with E-state index in [0.717, 1.165) is 17.0 Å². The molecule has 0 aliphatic heterocycles. The molecule has 0 radical (unpaired) electrons. The predicted octanol–water partition coefficient (Wildman–Crippen LogP) is 1.43. The number of nitrogens with zero attached hydrogens (tertiary/aromatic N) is 2. The number of aromatic amines is 1. The van der Waals surface area contributed by atoms with Gasteiger partial charge in [0.1, 0.15) is 0 Å². The minimum Gasteiger partial charge on any atom is -0.481 e. The van der Waals surface area contributed by atoms with E-state index >= 15 is 0 Å². The molecule has 0 fully saturated rings. The maximum absolute atomic E-state index is 10.6. The molecular formula is C11H13N3O2. The summed E-state index contributed by atoms with van der Waals surface area (Å²) in [5.74, 6) is -0.793. The first-order valence-corrected chi connectivity index (χ1v) is 5.05. The lowest BCUT2D eigenvalue weighted by molar-refractivity contribution is -0.136. The summed E-state index contributed by atoms with van der Waals surface area (Å²) in [6.07, 6.45) is 4.19. The van der Waals surface area contributed by atoms with Gasteiger partial charge < -0.3 is 10.1 Å². The molecule has 0 aliphatic carbocycles. The fourth-order valence-corrected chi connectivity index (χ4v) is 1.71. The molecule has 5 nitrogen and oxygen atoms in total. The molecule has 0 spiro atoms. The molecule has 84 valence electrons. The van der Waals surface area contributed by atoms with E-state index < -0.39 is 5.97 Å². The van der Waals surface area contributed by atoms with Gasteiger partial charge in [0.15, 0.2) is 0 Å². The second kappa shape index (κ2) is 4.22. The number of carboxylic acids is 1. The summed E-state index contributed by atoms with van der Waals surface area (Å²) in [4.78, 5) is 13.7.